The number of hydrogen-bond donors (Lipinski definition) is 2. The third-order valence-corrected chi connectivity index (χ3v) is 4.03. The first kappa shape index (κ1) is 20.5. The van der Waals surface area contributed by atoms with Crippen LogP contribution in [0.4, 0.5) is 16.3 Å². The van der Waals surface area contributed by atoms with Crippen LogP contribution in [0.25, 0.3) is 0 Å². The summed E-state index contributed by atoms with van der Waals surface area (Å²) in [5.74, 6) is 1.55. The van der Waals surface area contributed by atoms with Gasteiger partial charge < -0.3 is 25.0 Å². The Balaban J connectivity index is 1.87. The van der Waals surface area contributed by atoms with Gasteiger partial charge in [-0.05, 0) is 37.6 Å². The summed E-state index contributed by atoms with van der Waals surface area (Å²) in [5.41, 5.74) is 1.55. The largest absolute Gasteiger partial charge is 0.489 e. The first-order valence-electron chi connectivity index (χ1n) is 9.13. The molecule has 7 nitrogen and oxygen atoms in total. The molecule has 0 saturated carbocycles. The fraction of sp³-hybridized carbons (Fsp3) is 0.400. The average Bonchev–Trinajstić information content (AvgIpc) is 2.70. The molecule has 0 bridgehead atoms. The summed E-state index contributed by atoms with van der Waals surface area (Å²) in [6, 6.07) is 10.9. The first-order chi connectivity index (χ1) is 13.2. The smallest absolute Gasteiger partial charge is 0.319 e. The number of urea groups is 1. The van der Waals surface area contributed by atoms with Crippen molar-refractivity contribution < 1.29 is 14.3 Å². The van der Waals surface area contributed by atoms with E-state index in [9.17, 15) is 4.79 Å². The molecular weight excluding hydrogens is 344 g/mol. The van der Waals surface area contributed by atoms with Crippen LogP contribution in [0.5, 0.6) is 5.75 Å². The first-order valence-corrected chi connectivity index (χ1v) is 9.13. The number of anilines is 2. The van der Waals surface area contributed by atoms with E-state index in [1.807, 2.05) is 24.3 Å². The molecule has 7 heteroatoms. The third-order valence-electron chi connectivity index (χ3n) is 4.03. The number of pyridine rings is 1. The number of para-hydroxylation sites is 2. The second kappa shape index (κ2) is 11.0. The van der Waals surface area contributed by atoms with E-state index in [1.54, 1.807) is 25.4 Å². The molecule has 146 valence electrons. The highest BCUT2D eigenvalue weighted by Crippen LogP contribution is 2.23. The third kappa shape index (κ3) is 6.45. The molecule has 2 amide bonds. The van der Waals surface area contributed by atoms with Crippen LogP contribution in [-0.4, -0.2) is 44.4 Å². The maximum atomic E-state index is 12.2. The second-order valence-electron chi connectivity index (χ2n) is 5.84. The Morgan fingerprint density at radius 3 is 2.56 bits per heavy atom. The van der Waals surface area contributed by atoms with E-state index >= 15 is 0 Å². The minimum absolute atomic E-state index is 0.300. The lowest BCUT2D eigenvalue weighted by Gasteiger charge is -2.19. The van der Waals surface area contributed by atoms with Crippen molar-refractivity contribution in [3.05, 3.63) is 48.2 Å². The maximum absolute atomic E-state index is 12.2. The number of nitrogens with zero attached hydrogens (tertiary/aromatic N) is 2. The molecule has 0 aliphatic carbocycles. The van der Waals surface area contributed by atoms with E-state index in [0.29, 0.717) is 31.2 Å². The SMILES string of the molecule is CCN(CC)c1ccc(CNC(=O)Nc2ccccc2OCCOC)cn1. The molecule has 0 radical (unpaired) electrons. The van der Waals surface area contributed by atoms with Crippen LogP contribution in [0.15, 0.2) is 42.6 Å². The van der Waals surface area contributed by atoms with Crippen LogP contribution in [0, 0.1) is 0 Å². The summed E-state index contributed by atoms with van der Waals surface area (Å²) in [5, 5.41) is 5.65. The summed E-state index contributed by atoms with van der Waals surface area (Å²) in [4.78, 5) is 18.8. The number of amides is 2. The zero-order valence-electron chi connectivity index (χ0n) is 16.2. The minimum atomic E-state index is -0.300. The number of rotatable bonds is 10. The molecule has 0 saturated heterocycles. The Morgan fingerprint density at radius 1 is 1.11 bits per heavy atom. The van der Waals surface area contributed by atoms with Gasteiger partial charge in [0.2, 0.25) is 0 Å². The van der Waals surface area contributed by atoms with Crippen molar-refractivity contribution in [1.29, 1.82) is 0 Å². The van der Waals surface area contributed by atoms with Gasteiger partial charge in [-0.15, -0.1) is 0 Å². The summed E-state index contributed by atoms with van der Waals surface area (Å²) >= 11 is 0. The molecule has 2 N–H and O–H groups in total. The Bertz CT molecular complexity index is 703. The van der Waals surface area contributed by atoms with E-state index in [1.165, 1.54) is 0 Å². The van der Waals surface area contributed by atoms with E-state index < -0.39 is 0 Å². The van der Waals surface area contributed by atoms with Gasteiger partial charge in [-0.3, -0.25) is 0 Å². The van der Waals surface area contributed by atoms with Crippen molar-refractivity contribution in [1.82, 2.24) is 10.3 Å². The van der Waals surface area contributed by atoms with E-state index in [4.69, 9.17) is 9.47 Å². The molecule has 0 atom stereocenters. The topological polar surface area (TPSA) is 75.7 Å². The van der Waals surface area contributed by atoms with Crippen LogP contribution >= 0.6 is 0 Å². The minimum Gasteiger partial charge on any atom is -0.489 e. The summed E-state index contributed by atoms with van der Waals surface area (Å²) in [6.45, 7) is 7.32. The summed E-state index contributed by atoms with van der Waals surface area (Å²) < 4.78 is 10.6. The Kier molecular flexibility index (Phi) is 8.38. The van der Waals surface area contributed by atoms with Crippen molar-refractivity contribution in [2.45, 2.75) is 20.4 Å². The Hall–Kier alpha value is -2.80. The van der Waals surface area contributed by atoms with E-state index in [2.05, 4.69) is 34.4 Å². The highest BCUT2D eigenvalue weighted by Gasteiger charge is 2.08. The zero-order chi connectivity index (χ0) is 19.5. The quantitative estimate of drug-likeness (QED) is 0.626. The predicted molar refractivity (Wildman–Crippen MR) is 107 cm³/mol. The summed E-state index contributed by atoms with van der Waals surface area (Å²) in [6.07, 6.45) is 1.79. The van der Waals surface area contributed by atoms with Gasteiger partial charge in [-0.1, -0.05) is 18.2 Å². The van der Waals surface area contributed by atoms with Crippen LogP contribution in [0.1, 0.15) is 19.4 Å². The molecule has 1 heterocycles. The molecule has 0 aliphatic rings. The number of methoxy groups -OCH3 is 1. The number of aromatic nitrogens is 1. The second-order valence-corrected chi connectivity index (χ2v) is 5.84. The van der Waals surface area contributed by atoms with Crippen molar-refractivity contribution in [2.75, 3.05) is 43.6 Å². The van der Waals surface area contributed by atoms with Gasteiger partial charge >= 0.3 is 6.03 Å². The normalized spacial score (nSPS) is 10.3. The number of nitrogens with one attached hydrogen (secondary N) is 2. The molecule has 2 aromatic rings. The monoisotopic (exact) mass is 372 g/mol. The Morgan fingerprint density at radius 2 is 1.89 bits per heavy atom. The number of ether oxygens (including phenoxy) is 2. The number of carbonyl (C=O) groups excluding carboxylic acids is 1. The lowest BCUT2D eigenvalue weighted by atomic mass is 10.2. The summed E-state index contributed by atoms with van der Waals surface area (Å²) in [7, 11) is 1.62. The standard InChI is InChI=1S/C20H28N4O3/c1-4-24(5-2)19-11-10-16(14-21-19)15-22-20(25)23-17-8-6-7-9-18(17)27-13-12-26-3/h6-11,14H,4-5,12-13,15H2,1-3H3,(H2,22,23,25). The highest BCUT2D eigenvalue weighted by molar-refractivity contribution is 5.90. The van der Waals surface area contributed by atoms with E-state index in [0.717, 1.165) is 24.5 Å². The van der Waals surface area contributed by atoms with Gasteiger partial charge in [-0.2, -0.15) is 0 Å². The van der Waals surface area contributed by atoms with Gasteiger partial charge in [0.15, 0.2) is 0 Å². The number of carbonyl (C=O) groups is 1. The zero-order valence-corrected chi connectivity index (χ0v) is 16.2. The van der Waals surface area contributed by atoms with Crippen LogP contribution < -0.4 is 20.3 Å². The van der Waals surface area contributed by atoms with Crippen LogP contribution in [-0.2, 0) is 11.3 Å². The fourth-order valence-corrected chi connectivity index (χ4v) is 2.54. The van der Waals surface area contributed by atoms with Gasteiger partial charge in [-0.25, -0.2) is 9.78 Å². The number of benzene rings is 1. The van der Waals surface area contributed by atoms with Crippen molar-refractivity contribution in [2.24, 2.45) is 0 Å². The van der Waals surface area contributed by atoms with Crippen LogP contribution in [0.3, 0.4) is 0 Å². The fourth-order valence-electron chi connectivity index (χ4n) is 2.54. The molecule has 0 aliphatic heterocycles. The van der Waals surface area contributed by atoms with Crippen LogP contribution in [0.2, 0.25) is 0 Å². The molecule has 1 aromatic carbocycles. The van der Waals surface area contributed by atoms with Gasteiger partial charge in [0.25, 0.3) is 0 Å². The molecular formula is C20H28N4O3. The molecule has 2 rings (SSSR count). The highest BCUT2D eigenvalue weighted by atomic mass is 16.5. The van der Waals surface area contributed by atoms with Gasteiger partial charge in [0.1, 0.15) is 18.2 Å². The van der Waals surface area contributed by atoms with E-state index in [-0.39, 0.29) is 6.03 Å². The molecule has 0 fully saturated rings. The Labute approximate surface area is 160 Å². The van der Waals surface area contributed by atoms with Gasteiger partial charge in [0.05, 0.1) is 12.3 Å². The molecule has 0 spiro atoms. The molecule has 0 unspecified atom stereocenters. The number of hydrogen-bond acceptors (Lipinski definition) is 5. The predicted octanol–water partition coefficient (Wildman–Crippen LogP) is 3.27. The maximum Gasteiger partial charge on any atom is 0.319 e. The lowest BCUT2D eigenvalue weighted by Crippen LogP contribution is -2.28. The molecule has 27 heavy (non-hydrogen) atoms. The average molecular weight is 372 g/mol. The van der Waals surface area contributed by atoms with Crippen molar-refractivity contribution >= 4 is 17.5 Å². The van der Waals surface area contributed by atoms with Crippen molar-refractivity contribution in [3.8, 4) is 5.75 Å². The van der Waals surface area contributed by atoms with Crippen molar-refractivity contribution in [3.63, 3.8) is 0 Å². The van der Waals surface area contributed by atoms with Gasteiger partial charge in [0, 0.05) is 32.9 Å². The molecule has 1 aromatic heterocycles. The lowest BCUT2D eigenvalue weighted by molar-refractivity contribution is 0.146.